The maximum absolute atomic E-state index is 13.4. The topological polar surface area (TPSA) is 69.6 Å². The first-order valence-electron chi connectivity index (χ1n) is 10.7. The molecule has 2 aromatic rings. The van der Waals surface area contributed by atoms with Gasteiger partial charge in [-0.25, -0.2) is 14.8 Å². The molecule has 0 bridgehead atoms. The van der Waals surface area contributed by atoms with Gasteiger partial charge in [-0.05, 0) is 65.4 Å². The van der Waals surface area contributed by atoms with Gasteiger partial charge in [0.1, 0.15) is 0 Å². The first-order valence-corrected chi connectivity index (χ1v) is 11.8. The van der Waals surface area contributed by atoms with Crippen LogP contribution in [-0.4, -0.2) is 44.2 Å². The number of anilines is 1. The Balaban J connectivity index is 2.00. The van der Waals surface area contributed by atoms with E-state index in [1.54, 1.807) is 12.4 Å². The highest BCUT2D eigenvalue weighted by atomic mass is 79.9. The molecule has 0 aliphatic carbocycles. The largest absolute Gasteiger partial charge is 0.465 e. The number of carboxylic acid groups (broad SMARTS) is 1. The number of carbonyl (C=O) groups is 1. The van der Waals surface area contributed by atoms with Crippen molar-refractivity contribution in [2.24, 2.45) is 0 Å². The lowest BCUT2D eigenvalue weighted by Gasteiger charge is -2.46. The molecule has 2 heterocycles. The molecule has 6 nitrogen and oxygen atoms in total. The van der Waals surface area contributed by atoms with Crippen molar-refractivity contribution in [2.45, 2.75) is 70.4 Å². The molecule has 33 heavy (non-hydrogen) atoms. The van der Waals surface area contributed by atoms with Crippen molar-refractivity contribution in [3.8, 4) is 0 Å². The van der Waals surface area contributed by atoms with E-state index in [1.165, 1.54) is 11.0 Å². The monoisotopic (exact) mass is 548 g/mol. The van der Waals surface area contributed by atoms with Crippen LogP contribution in [0.2, 0.25) is 5.02 Å². The van der Waals surface area contributed by atoms with Crippen LogP contribution < -0.4 is 4.90 Å². The second-order valence-corrected chi connectivity index (χ2v) is 9.47. The van der Waals surface area contributed by atoms with Gasteiger partial charge in [-0.2, -0.15) is 13.2 Å². The average molecular weight is 550 g/mol. The number of piperidine rings is 1. The molecule has 3 rings (SSSR count). The van der Waals surface area contributed by atoms with Gasteiger partial charge < -0.3 is 14.9 Å². The van der Waals surface area contributed by atoms with Crippen LogP contribution >= 0.6 is 27.5 Å². The molecule has 1 N–H and O–H groups in total. The summed E-state index contributed by atoms with van der Waals surface area (Å²) in [5.41, 5.74) is -0.441. The van der Waals surface area contributed by atoms with Crippen molar-refractivity contribution in [2.75, 3.05) is 4.90 Å². The highest BCUT2D eigenvalue weighted by Gasteiger charge is 2.40. The SMILES string of the molecule is CC[C@@H]1C[C@H](N(Cc2cc(Cl)cc(C(F)(F)F)c2)c2ncc(Br)cn2)C[C@H](CC)N1C(=O)O. The van der Waals surface area contributed by atoms with E-state index in [4.69, 9.17) is 11.6 Å². The van der Waals surface area contributed by atoms with E-state index >= 15 is 0 Å². The van der Waals surface area contributed by atoms with Crippen molar-refractivity contribution >= 4 is 39.6 Å². The number of hydrogen-bond donors (Lipinski definition) is 1. The standard InChI is InChI=1S/C22H25BrClF3N4O2/c1-3-17-8-19(9-18(4-2)31(17)21(32)33)30(20-28-10-15(23)11-29-20)12-13-5-14(22(25,26)27)7-16(24)6-13/h5-7,10-11,17-19H,3-4,8-9,12H2,1-2H3,(H,32,33)/t17-,18+,19+. The minimum Gasteiger partial charge on any atom is -0.465 e. The zero-order valence-electron chi connectivity index (χ0n) is 18.2. The van der Waals surface area contributed by atoms with Gasteiger partial charge in [0.05, 0.1) is 10.0 Å². The molecule has 0 unspecified atom stereocenters. The first kappa shape index (κ1) is 25.6. The quantitative estimate of drug-likeness (QED) is 0.439. The molecule has 1 aliphatic heterocycles. The van der Waals surface area contributed by atoms with Crippen molar-refractivity contribution in [3.05, 3.63) is 51.2 Å². The lowest BCUT2D eigenvalue weighted by atomic mass is 9.87. The number of hydrogen-bond acceptors (Lipinski definition) is 4. The predicted molar refractivity (Wildman–Crippen MR) is 123 cm³/mol. The normalized spacial score (nSPS) is 21.2. The lowest BCUT2D eigenvalue weighted by molar-refractivity contribution is -0.137. The number of aromatic nitrogens is 2. The Morgan fingerprint density at radius 2 is 1.76 bits per heavy atom. The fourth-order valence-electron chi connectivity index (χ4n) is 4.46. The molecule has 1 aromatic heterocycles. The second-order valence-electron chi connectivity index (χ2n) is 8.11. The maximum Gasteiger partial charge on any atom is 0.416 e. The van der Waals surface area contributed by atoms with Crippen LogP contribution in [0.3, 0.4) is 0 Å². The number of amides is 1. The number of benzene rings is 1. The van der Waals surface area contributed by atoms with E-state index in [0.29, 0.717) is 41.7 Å². The van der Waals surface area contributed by atoms with E-state index < -0.39 is 17.8 Å². The third-order valence-electron chi connectivity index (χ3n) is 5.98. The number of likely N-dealkylation sites (tertiary alicyclic amines) is 1. The molecule has 1 aliphatic rings. The van der Waals surface area contributed by atoms with Gasteiger partial charge in [0.25, 0.3) is 0 Å². The molecule has 180 valence electrons. The Labute approximate surface area is 203 Å². The maximum atomic E-state index is 13.4. The molecule has 1 amide bonds. The molecule has 11 heteroatoms. The molecule has 3 atom stereocenters. The van der Waals surface area contributed by atoms with Gasteiger partial charge in [-0.15, -0.1) is 0 Å². The van der Waals surface area contributed by atoms with Gasteiger partial charge in [0, 0.05) is 42.1 Å². The van der Waals surface area contributed by atoms with E-state index in [1.807, 2.05) is 18.7 Å². The third kappa shape index (κ3) is 6.09. The van der Waals surface area contributed by atoms with Crippen LogP contribution in [0.5, 0.6) is 0 Å². The Morgan fingerprint density at radius 1 is 1.18 bits per heavy atom. The van der Waals surface area contributed by atoms with Crippen molar-refractivity contribution in [1.29, 1.82) is 0 Å². The first-order chi connectivity index (χ1) is 15.5. The van der Waals surface area contributed by atoms with Crippen LogP contribution in [0.4, 0.5) is 23.9 Å². The summed E-state index contributed by atoms with van der Waals surface area (Å²) in [5, 5.41) is 9.74. The average Bonchev–Trinajstić information content (AvgIpc) is 2.76. The van der Waals surface area contributed by atoms with Crippen LogP contribution in [-0.2, 0) is 12.7 Å². The van der Waals surface area contributed by atoms with Gasteiger partial charge in [-0.3, -0.25) is 0 Å². The molecular formula is C22H25BrClF3N4O2. The number of halogens is 5. The minimum absolute atomic E-state index is 0.00457. The summed E-state index contributed by atoms with van der Waals surface area (Å²) in [5.74, 6) is 0.366. The van der Waals surface area contributed by atoms with E-state index in [9.17, 15) is 23.1 Å². The van der Waals surface area contributed by atoms with Crippen molar-refractivity contribution in [1.82, 2.24) is 14.9 Å². The number of rotatable bonds is 6. The smallest absolute Gasteiger partial charge is 0.416 e. The van der Waals surface area contributed by atoms with Crippen molar-refractivity contribution < 1.29 is 23.1 Å². The summed E-state index contributed by atoms with van der Waals surface area (Å²) in [7, 11) is 0. The number of nitrogens with zero attached hydrogens (tertiary/aromatic N) is 4. The molecule has 0 saturated carbocycles. The van der Waals surface area contributed by atoms with E-state index in [2.05, 4.69) is 25.9 Å². The summed E-state index contributed by atoms with van der Waals surface area (Å²) in [6, 6.07) is 2.90. The van der Waals surface area contributed by atoms with Gasteiger partial charge in [0.15, 0.2) is 0 Å². The van der Waals surface area contributed by atoms with Gasteiger partial charge in [-0.1, -0.05) is 25.4 Å². The van der Waals surface area contributed by atoms with Crippen LogP contribution in [0.25, 0.3) is 0 Å². The molecule has 1 fully saturated rings. The summed E-state index contributed by atoms with van der Waals surface area (Å²) in [6.45, 7) is 3.97. The fourth-order valence-corrected chi connectivity index (χ4v) is 4.92. The van der Waals surface area contributed by atoms with Crippen LogP contribution in [0.15, 0.2) is 35.1 Å². The summed E-state index contributed by atoms with van der Waals surface area (Å²) in [4.78, 5) is 24.0. The predicted octanol–water partition coefficient (Wildman–Crippen LogP) is 6.62. The summed E-state index contributed by atoms with van der Waals surface area (Å²) < 4.78 is 40.7. The van der Waals surface area contributed by atoms with Crippen LogP contribution in [0.1, 0.15) is 50.7 Å². The lowest BCUT2D eigenvalue weighted by Crippen LogP contribution is -2.56. The Hall–Kier alpha value is -2.07. The van der Waals surface area contributed by atoms with E-state index in [-0.39, 0.29) is 29.7 Å². The van der Waals surface area contributed by atoms with Crippen LogP contribution in [0, 0.1) is 0 Å². The highest BCUT2D eigenvalue weighted by Crippen LogP contribution is 2.35. The zero-order valence-corrected chi connectivity index (χ0v) is 20.5. The molecule has 0 spiro atoms. The highest BCUT2D eigenvalue weighted by molar-refractivity contribution is 9.10. The van der Waals surface area contributed by atoms with Crippen molar-refractivity contribution in [3.63, 3.8) is 0 Å². The number of alkyl halides is 3. The fraction of sp³-hybridized carbons (Fsp3) is 0.500. The Morgan fingerprint density at radius 3 is 2.24 bits per heavy atom. The zero-order chi connectivity index (χ0) is 24.3. The Bertz CT molecular complexity index is 963. The second kappa shape index (κ2) is 10.5. The van der Waals surface area contributed by atoms with E-state index in [0.717, 1.165) is 12.1 Å². The third-order valence-corrected chi connectivity index (χ3v) is 6.61. The summed E-state index contributed by atoms with van der Waals surface area (Å²) >= 11 is 9.32. The molecule has 0 radical (unpaired) electrons. The van der Waals surface area contributed by atoms with Gasteiger partial charge >= 0.3 is 12.3 Å². The Kier molecular flexibility index (Phi) is 8.10. The molecule has 1 aromatic carbocycles. The summed E-state index contributed by atoms with van der Waals surface area (Å²) in [6.07, 6.45) is -0.0236. The molecule has 1 saturated heterocycles. The minimum atomic E-state index is -4.52. The van der Waals surface area contributed by atoms with Gasteiger partial charge in [0.2, 0.25) is 5.95 Å². The molecular weight excluding hydrogens is 525 g/mol.